The number of amides is 1. The number of aromatic nitrogens is 1. The molecule has 2 aromatic carbocycles. The molecule has 9 nitrogen and oxygen atoms in total. The van der Waals surface area contributed by atoms with E-state index in [9.17, 15) is 14.7 Å². The molecule has 3 aromatic rings. The Bertz CT molecular complexity index is 1660. The van der Waals surface area contributed by atoms with Gasteiger partial charge in [0.05, 0.1) is 11.5 Å². The van der Waals surface area contributed by atoms with E-state index in [0.29, 0.717) is 40.0 Å². The van der Waals surface area contributed by atoms with E-state index in [-0.39, 0.29) is 30.6 Å². The highest BCUT2D eigenvalue weighted by atomic mass is 35.5. The van der Waals surface area contributed by atoms with Gasteiger partial charge in [-0.1, -0.05) is 74.4 Å². The number of nitrogens with one attached hydrogen (secondary N) is 1. The van der Waals surface area contributed by atoms with Crippen molar-refractivity contribution in [3.8, 4) is 11.5 Å². The predicted molar refractivity (Wildman–Crippen MR) is 180 cm³/mol. The highest BCUT2D eigenvalue weighted by Gasteiger charge is 2.55. The fourth-order valence-electron chi connectivity index (χ4n) is 8.54. The first-order chi connectivity index (χ1) is 22.6. The maximum Gasteiger partial charge on any atom is 0.506 e. The molecule has 47 heavy (non-hydrogen) atoms. The van der Waals surface area contributed by atoms with E-state index < -0.39 is 17.2 Å². The molecule has 3 heterocycles. The Morgan fingerprint density at radius 3 is 2.66 bits per heavy atom. The van der Waals surface area contributed by atoms with Crippen LogP contribution in [0.3, 0.4) is 0 Å². The number of carbonyl (C=O) groups excluding carboxylic acids is 1. The second kappa shape index (κ2) is 12.6. The molecule has 2 aliphatic carbocycles. The van der Waals surface area contributed by atoms with E-state index in [0.717, 1.165) is 61.1 Å². The van der Waals surface area contributed by atoms with Crippen LogP contribution in [-0.4, -0.2) is 52.5 Å². The topological polar surface area (TPSA) is 110 Å². The molecular weight excluding hydrogens is 638 g/mol. The summed E-state index contributed by atoms with van der Waals surface area (Å²) in [6.45, 7) is 8.20. The van der Waals surface area contributed by atoms with Gasteiger partial charge in [0, 0.05) is 34.5 Å². The van der Waals surface area contributed by atoms with Crippen LogP contribution in [0.4, 0.5) is 9.93 Å². The fourth-order valence-corrected chi connectivity index (χ4v) is 9.74. The lowest BCUT2D eigenvalue weighted by Crippen LogP contribution is -2.54. The van der Waals surface area contributed by atoms with Crippen molar-refractivity contribution in [3.05, 3.63) is 69.7 Å². The summed E-state index contributed by atoms with van der Waals surface area (Å²) >= 11 is 8.30. The Morgan fingerprint density at radius 1 is 1.13 bits per heavy atom. The lowest BCUT2D eigenvalue weighted by Gasteiger charge is -2.50. The Balaban J connectivity index is 1.16. The number of carboxylic acid groups (broad SMARTS) is 1. The number of fused-ring (bicyclic) bond motifs is 1. The molecule has 3 fully saturated rings. The van der Waals surface area contributed by atoms with Crippen molar-refractivity contribution in [1.82, 2.24) is 9.88 Å². The standard InChI is InChI=1S/C36H42ClN3O6S/c1-21(2)26-10-8-22(3)17-36(26,46-34(42)43)24-12-15-40(19-24)31(25-6-4-5-7-27(25)37)30-18-38-33(47-30)39-32(41)35(13-14-35)23-9-11-28-29(16-23)45-20-44-28/h4-7,9,11,16,18,21-22,24,26,31H,8,10,12-15,17,19-20H2,1-3H3,(H,42,43)(H,38,39,41)/t22-,24+,26+,31+,36+/m0/s1. The van der Waals surface area contributed by atoms with E-state index >= 15 is 0 Å². The number of likely N-dealkylation sites (tertiary alicyclic amines) is 1. The van der Waals surface area contributed by atoms with Crippen LogP contribution in [0.1, 0.15) is 81.3 Å². The van der Waals surface area contributed by atoms with Crippen molar-refractivity contribution < 1.29 is 28.9 Å². The Morgan fingerprint density at radius 2 is 1.91 bits per heavy atom. The summed E-state index contributed by atoms with van der Waals surface area (Å²) in [5, 5.41) is 14.3. The number of nitrogens with zero attached hydrogens (tertiary/aromatic N) is 2. The molecule has 2 N–H and O–H groups in total. The van der Waals surface area contributed by atoms with E-state index in [4.69, 9.17) is 25.8 Å². The second-order valence-electron chi connectivity index (χ2n) is 14.1. The van der Waals surface area contributed by atoms with Crippen molar-refractivity contribution in [1.29, 1.82) is 0 Å². The van der Waals surface area contributed by atoms with Gasteiger partial charge in [-0.15, -0.1) is 0 Å². The Labute approximate surface area is 284 Å². The summed E-state index contributed by atoms with van der Waals surface area (Å²) in [6.07, 6.45) is 5.76. The number of halogens is 1. The van der Waals surface area contributed by atoms with Crippen molar-refractivity contribution in [2.24, 2.45) is 23.7 Å². The number of carbonyl (C=O) groups is 2. The number of hydrogen-bond donors (Lipinski definition) is 2. The van der Waals surface area contributed by atoms with Crippen molar-refractivity contribution in [2.45, 2.75) is 76.4 Å². The minimum atomic E-state index is -1.19. The highest BCUT2D eigenvalue weighted by Crippen LogP contribution is 2.53. The average molecular weight is 680 g/mol. The minimum absolute atomic E-state index is 0.0438. The molecule has 1 aromatic heterocycles. The number of rotatable bonds is 9. The van der Waals surface area contributed by atoms with Crippen LogP contribution in [0.2, 0.25) is 5.02 Å². The summed E-state index contributed by atoms with van der Waals surface area (Å²) in [5.74, 6) is 2.18. The van der Waals surface area contributed by atoms with Crippen LogP contribution in [-0.2, 0) is 14.9 Å². The molecule has 0 spiro atoms. The van der Waals surface area contributed by atoms with Gasteiger partial charge in [-0.05, 0) is 79.8 Å². The van der Waals surface area contributed by atoms with Gasteiger partial charge >= 0.3 is 6.16 Å². The Hall–Kier alpha value is -3.34. The summed E-state index contributed by atoms with van der Waals surface area (Å²) in [6, 6.07) is 13.4. The van der Waals surface area contributed by atoms with Crippen LogP contribution in [0.5, 0.6) is 11.5 Å². The van der Waals surface area contributed by atoms with Gasteiger partial charge < -0.3 is 24.6 Å². The monoisotopic (exact) mass is 679 g/mol. The molecule has 7 rings (SSSR count). The SMILES string of the molecule is CC(C)[C@H]1CC[C@H](C)C[C@@]1(OC(=O)O)[C@@H]1CCN([C@@H](c2cnc(NC(=O)C3(c4ccc5c(c4)OCO5)CC3)s2)c2ccccc2Cl)C1. The summed E-state index contributed by atoms with van der Waals surface area (Å²) in [4.78, 5) is 33.9. The summed E-state index contributed by atoms with van der Waals surface area (Å²) < 4.78 is 17.0. The zero-order valence-electron chi connectivity index (χ0n) is 27.0. The van der Waals surface area contributed by atoms with E-state index in [1.165, 1.54) is 11.3 Å². The van der Waals surface area contributed by atoms with Crippen molar-refractivity contribution in [2.75, 3.05) is 25.2 Å². The van der Waals surface area contributed by atoms with Gasteiger partial charge in [-0.2, -0.15) is 0 Å². The lowest BCUT2D eigenvalue weighted by molar-refractivity contribution is -0.135. The first kappa shape index (κ1) is 32.2. The molecule has 250 valence electrons. The molecule has 0 radical (unpaired) electrons. The number of thiazole rings is 1. The van der Waals surface area contributed by atoms with Gasteiger partial charge in [0.15, 0.2) is 16.6 Å². The lowest BCUT2D eigenvalue weighted by atomic mass is 9.61. The van der Waals surface area contributed by atoms with Crippen LogP contribution in [0.25, 0.3) is 0 Å². The summed E-state index contributed by atoms with van der Waals surface area (Å²) in [5.41, 5.74) is 0.528. The van der Waals surface area contributed by atoms with E-state index in [1.807, 2.05) is 48.7 Å². The molecule has 4 aliphatic rings. The van der Waals surface area contributed by atoms with E-state index in [2.05, 4.69) is 36.0 Å². The normalized spacial score (nSPS) is 27.0. The zero-order valence-corrected chi connectivity index (χ0v) is 28.6. The van der Waals surface area contributed by atoms with Crippen LogP contribution < -0.4 is 14.8 Å². The minimum Gasteiger partial charge on any atom is -0.454 e. The molecule has 0 bridgehead atoms. The van der Waals surface area contributed by atoms with Crippen molar-refractivity contribution in [3.63, 3.8) is 0 Å². The first-order valence-electron chi connectivity index (χ1n) is 16.7. The highest BCUT2D eigenvalue weighted by molar-refractivity contribution is 7.15. The largest absolute Gasteiger partial charge is 0.506 e. The van der Waals surface area contributed by atoms with Gasteiger partial charge in [0.2, 0.25) is 12.7 Å². The zero-order chi connectivity index (χ0) is 32.9. The number of hydrogen-bond acceptors (Lipinski definition) is 8. The van der Waals surface area contributed by atoms with Gasteiger partial charge in [-0.3, -0.25) is 9.69 Å². The third-order valence-electron chi connectivity index (χ3n) is 10.9. The molecule has 11 heteroatoms. The average Bonchev–Trinajstić information content (AvgIpc) is 3.35. The predicted octanol–water partition coefficient (Wildman–Crippen LogP) is 8.13. The smallest absolute Gasteiger partial charge is 0.454 e. The van der Waals surface area contributed by atoms with Crippen LogP contribution >= 0.6 is 22.9 Å². The van der Waals surface area contributed by atoms with Gasteiger partial charge in [0.25, 0.3) is 0 Å². The number of benzene rings is 2. The molecule has 1 amide bonds. The maximum absolute atomic E-state index is 13.7. The molecule has 1 saturated heterocycles. The number of ether oxygens (including phenoxy) is 3. The first-order valence-corrected chi connectivity index (χ1v) is 17.9. The Kier molecular flexibility index (Phi) is 8.64. The second-order valence-corrected chi connectivity index (χ2v) is 15.6. The van der Waals surface area contributed by atoms with Crippen molar-refractivity contribution >= 4 is 40.1 Å². The number of anilines is 1. The van der Waals surface area contributed by atoms with Gasteiger partial charge in [0.1, 0.15) is 5.60 Å². The quantitative estimate of drug-likeness (QED) is 0.218. The molecule has 0 unspecified atom stereocenters. The maximum atomic E-state index is 13.7. The van der Waals surface area contributed by atoms with Gasteiger partial charge in [-0.25, -0.2) is 9.78 Å². The summed E-state index contributed by atoms with van der Waals surface area (Å²) in [7, 11) is 0. The van der Waals surface area contributed by atoms with E-state index in [1.54, 1.807) is 0 Å². The molecule has 5 atom stereocenters. The van der Waals surface area contributed by atoms with Crippen LogP contribution in [0, 0.1) is 23.7 Å². The third-order valence-corrected chi connectivity index (χ3v) is 12.3. The molecular formula is C36H42ClN3O6S. The van der Waals surface area contributed by atoms with Crippen LogP contribution in [0.15, 0.2) is 48.7 Å². The molecule has 2 saturated carbocycles. The molecule has 2 aliphatic heterocycles. The third kappa shape index (κ3) is 5.97. The fraction of sp³-hybridized carbons (Fsp3) is 0.528.